The van der Waals surface area contributed by atoms with Crippen LogP contribution in [0.15, 0.2) is 0 Å². The fourth-order valence-corrected chi connectivity index (χ4v) is 0.835. The van der Waals surface area contributed by atoms with E-state index in [1.165, 1.54) is 23.3 Å². The second-order valence-electron chi connectivity index (χ2n) is 3.22. The molecule has 0 rings (SSSR count). The number of amides is 3. The number of nitrogens with zero attached hydrogens (tertiary/aromatic N) is 2. The molecule has 8 nitrogen and oxygen atoms in total. The molecule has 0 aromatic rings. The largest absolute Gasteiger partial charge is 0.522 e. The van der Waals surface area contributed by atoms with Crippen LogP contribution in [0.1, 0.15) is 6.92 Å². The van der Waals surface area contributed by atoms with Crippen molar-refractivity contribution in [2.45, 2.75) is 6.92 Å². The standard InChI is InChI=1S/C9H16N3O3.CH2O2.Fm/c1-4-11(2)9(15)6-12(3)8(14)5-10-7-13;2-1-3;/h4-6H2,1-3H3,(H,10,13);1H,(H,2,3);/q-1;;. The number of hydrogen-bond acceptors (Lipinski definition) is 4. The van der Waals surface area contributed by atoms with E-state index in [1.54, 1.807) is 7.05 Å². The first-order chi connectivity index (χ1) is 8.44. The SMILES string of the molecule is CCN(C)C(=O)CN(C)C(=O)CN[C-]=O.O=CO.[Fm]. The predicted molar refractivity (Wildman–Crippen MR) is 63.3 cm³/mol. The monoisotopic (exact) mass is 517 g/mol. The molecule has 0 bridgehead atoms. The second-order valence-corrected chi connectivity index (χ2v) is 3.22. The van der Waals surface area contributed by atoms with Gasteiger partial charge in [0.15, 0.2) is 0 Å². The molecule has 0 radical (unpaired) electrons. The van der Waals surface area contributed by atoms with Crippen LogP contribution < -0.4 is 5.32 Å². The van der Waals surface area contributed by atoms with Crippen molar-refractivity contribution < 1.29 is 24.3 Å². The Morgan fingerprint density at radius 3 is 2.11 bits per heavy atom. The number of likely N-dealkylation sites (N-methyl/N-ethyl adjacent to an activating group) is 2. The zero-order valence-electron chi connectivity index (χ0n) is 11.0. The average Bonchev–Trinajstić information content (AvgIpc) is 2.35. The molecule has 19 heavy (non-hydrogen) atoms. The second kappa shape index (κ2) is 12.9. The van der Waals surface area contributed by atoms with Gasteiger partial charge in [0.25, 0.3) is 6.47 Å². The Morgan fingerprint density at radius 1 is 1.26 bits per heavy atom. The summed E-state index contributed by atoms with van der Waals surface area (Å²) in [5.74, 6) is -0.459. The number of carbonyl (C=O) groups is 3. The van der Waals surface area contributed by atoms with E-state index in [1.807, 2.05) is 6.92 Å². The van der Waals surface area contributed by atoms with Crippen LogP contribution in [0.5, 0.6) is 0 Å². The molecule has 9 heteroatoms. The van der Waals surface area contributed by atoms with Gasteiger partial charge in [-0.05, 0) is 6.92 Å². The minimum Gasteiger partial charge on any atom is -0.522 e. The van der Waals surface area contributed by atoms with E-state index in [4.69, 9.17) is 9.90 Å². The Hall–Kier alpha value is -3.12. The molecule has 0 aromatic carbocycles. The average molecular weight is 517 g/mol. The van der Waals surface area contributed by atoms with Gasteiger partial charge < -0.3 is 25.0 Å². The quantitative estimate of drug-likeness (QED) is 0.248. The van der Waals surface area contributed by atoms with E-state index < -0.39 is 0 Å². The van der Waals surface area contributed by atoms with Crippen molar-refractivity contribution in [3.8, 4) is 0 Å². The third-order valence-corrected chi connectivity index (χ3v) is 2.01. The smallest absolute Gasteiger partial charge is 0.290 e. The predicted octanol–water partition coefficient (Wildman–Crippen LogP) is -1.72. The van der Waals surface area contributed by atoms with Gasteiger partial charge in [-0.1, -0.05) is 0 Å². The van der Waals surface area contributed by atoms with Crippen molar-refractivity contribution in [2.24, 2.45) is 0 Å². The Balaban J connectivity index is -0.000000580. The third kappa shape index (κ3) is 11.1. The van der Waals surface area contributed by atoms with Crippen LogP contribution in [-0.4, -0.2) is 73.3 Å². The van der Waals surface area contributed by atoms with E-state index in [0.29, 0.717) is 6.54 Å². The van der Waals surface area contributed by atoms with Crippen LogP contribution in [-0.2, 0) is 19.2 Å². The van der Waals surface area contributed by atoms with Crippen LogP contribution in [0.4, 0.5) is 0 Å². The Morgan fingerprint density at radius 2 is 1.74 bits per heavy atom. The van der Waals surface area contributed by atoms with Crippen molar-refractivity contribution in [3.05, 3.63) is 0 Å². The Labute approximate surface area is 106 Å². The van der Waals surface area contributed by atoms with Crippen molar-refractivity contribution in [2.75, 3.05) is 33.7 Å². The van der Waals surface area contributed by atoms with E-state index in [-0.39, 0.29) is 31.4 Å². The molecule has 0 aliphatic heterocycles. The van der Waals surface area contributed by atoms with E-state index >= 15 is 0 Å². The molecule has 0 atom stereocenters. The molecule has 0 aliphatic rings. The van der Waals surface area contributed by atoms with Gasteiger partial charge in [0.05, 0.1) is 13.1 Å². The van der Waals surface area contributed by atoms with Gasteiger partial charge in [-0.25, -0.2) is 0 Å². The Bertz CT molecular complexity index is 288. The van der Waals surface area contributed by atoms with E-state index in [9.17, 15) is 14.4 Å². The molecule has 0 aliphatic carbocycles. The maximum Gasteiger partial charge on any atom is 0.290 e. The van der Waals surface area contributed by atoms with Gasteiger partial charge in [0.2, 0.25) is 11.8 Å². The fraction of sp³-hybridized carbons (Fsp3) is 0.600. The summed E-state index contributed by atoms with van der Waals surface area (Å²) in [4.78, 5) is 43.6. The van der Waals surface area contributed by atoms with Crippen LogP contribution in [0.25, 0.3) is 0 Å². The summed E-state index contributed by atoms with van der Waals surface area (Å²) >= 11 is 0. The van der Waals surface area contributed by atoms with Gasteiger partial charge in [0, 0.05) is 20.6 Å². The van der Waals surface area contributed by atoms with Crippen molar-refractivity contribution in [3.63, 3.8) is 0 Å². The van der Waals surface area contributed by atoms with Crippen LogP contribution in [0, 0.1) is 0 Å². The molecule has 0 spiro atoms. The first-order valence-electron chi connectivity index (χ1n) is 5.10. The van der Waals surface area contributed by atoms with Crippen molar-refractivity contribution >= 4 is 24.7 Å². The normalized spacial score (nSPS) is 7.95. The number of carboxylic acid groups (broad SMARTS) is 1. The number of hydrogen-bond donors (Lipinski definition) is 2. The zero-order chi connectivity index (χ0) is 14.6. The fourth-order valence-electron chi connectivity index (χ4n) is 0.835. The molecule has 0 aromatic heterocycles. The van der Waals surface area contributed by atoms with Crippen LogP contribution in [0.2, 0.25) is 0 Å². The molecule has 0 fully saturated rings. The molecule has 0 unspecified atom stereocenters. The molecule has 0 heterocycles. The minimum atomic E-state index is -0.323. The summed E-state index contributed by atoms with van der Waals surface area (Å²) in [7, 11) is 3.17. The van der Waals surface area contributed by atoms with Gasteiger partial charge in [-0.3, -0.25) is 14.4 Å². The van der Waals surface area contributed by atoms with Crippen LogP contribution in [0.3, 0.4) is 0 Å². The summed E-state index contributed by atoms with van der Waals surface area (Å²) in [6.07, 6.45) is 1.40. The van der Waals surface area contributed by atoms with Crippen molar-refractivity contribution in [1.29, 1.82) is 0 Å². The first kappa shape index (κ1) is 21.2. The number of carbonyl (C=O) groups excluding carboxylic acids is 3. The number of nitrogens with one attached hydrogen (secondary N) is 1. The summed E-state index contributed by atoms with van der Waals surface area (Å²) in [5, 5.41) is 9.01. The molecule has 0 saturated heterocycles. The zero-order valence-corrected chi connectivity index (χ0v) is 13.4. The van der Waals surface area contributed by atoms with Crippen molar-refractivity contribution in [1.82, 2.24) is 15.1 Å². The first-order valence-corrected chi connectivity index (χ1v) is 5.10. The summed E-state index contributed by atoms with van der Waals surface area (Å²) in [5.41, 5.74) is 0. The topological polar surface area (TPSA) is 107 Å². The summed E-state index contributed by atoms with van der Waals surface area (Å²) in [6.45, 7) is 2.08. The molecule has 2 N–H and O–H groups in total. The molecular formula is C10H18FmN3O5-. The molecule has 0 saturated carbocycles. The van der Waals surface area contributed by atoms with E-state index in [0.717, 1.165) is 0 Å². The van der Waals surface area contributed by atoms with Gasteiger partial charge >= 0.3 is 0 Å². The van der Waals surface area contributed by atoms with Gasteiger partial charge in [-0.15, -0.1) is 0 Å². The maximum atomic E-state index is 11.4. The minimum absolute atomic E-state index is 0. The molecule has 116 valence electrons. The van der Waals surface area contributed by atoms with Gasteiger partial charge in [0.1, 0.15) is 0 Å². The third-order valence-electron chi connectivity index (χ3n) is 2.01. The summed E-state index contributed by atoms with van der Waals surface area (Å²) in [6, 6.07) is 0. The number of rotatable bonds is 6. The van der Waals surface area contributed by atoms with Gasteiger partial charge in [-0.2, -0.15) is 6.41 Å². The summed E-state index contributed by atoms with van der Waals surface area (Å²) < 4.78 is 0. The Kier molecular flexibility index (Phi) is 14.4. The van der Waals surface area contributed by atoms with E-state index in [2.05, 4.69) is 5.32 Å². The molecule has 3 amide bonds. The van der Waals surface area contributed by atoms with Crippen LogP contribution >= 0.6 is 0 Å². The maximum absolute atomic E-state index is 11.4. The molecular weight excluding hydrogens is 499 g/mol.